The van der Waals surface area contributed by atoms with Gasteiger partial charge in [-0.3, -0.25) is 9.36 Å². The Bertz CT molecular complexity index is 1100. The minimum absolute atomic E-state index is 0.0722. The molecule has 1 fully saturated rings. The van der Waals surface area contributed by atoms with Crippen molar-refractivity contribution >= 4 is 16.9 Å². The number of amides is 1. The van der Waals surface area contributed by atoms with Gasteiger partial charge in [-0.05, 0) is 50.3 Å². The van der Waals surface area contributed by atoms with Gasteiger partial charge in [0.1, 0.15) is 11.5 Å². The summed E-state index contributed by atoms with van der Waals surface area (Å²) >= 11 is 0. The van der Waals surface area contributed by atoms with Gasteiger partial charge in [0.25, 0.3) is 0 Å². The summed E-state index contributed by atoms with van der Waals surface area (Å²) in [5.41, 5.74) is 0.908. The quantitative estimate of drug-likeness (QED) is 0.734. The van der Waals surface area contributed by atoms with Gasteiger partial charge in [0.15, 0.2) is 0 Å². The number of hydrogen-bond acceptors (Lipinski definition) is 4. The molecule has 1 atom stereocenters. The highest BCUT2D eigenvalue weighted by Crippen LogP contribution is 2.31. The van der Waals surface area contributed by atoms with Gasteiger partial charge in [-0.15, -0.1) is 0 Å². The number of carbonyl (C=O) groups excluding carboxylic acids is 1. The second kappa shape index (κ2) is 7.17. The molecule has 152 valence electrons. The molecular formula is C21H26N6O2. The molecule has 8 heteroatoms. The van der Waals surface area contributed by atoms with Gasteiger partial charge >= 0.3 is 5.69 Å². The number of fused-ring (bicyclic) bond motifs is 2. The first kappa shape index (κ1) is 18.1. The van der Waals surface area contributed by atoms with E-state index in [1.165, 1.54) is 10.1 Å². The van der Waals surface area contributed by atoms with Crippen molar-refractivity contribution in [1.82, 2.24) is 29.2 Å². The van der Waals surface area contributed by atoms with Crippen LogP contribution in [-0.2, 0) is 24.8 Å². The molecule has 3 aromatic rings. The Morgan fingerprint density at radius 1 is 1.17 bits per heavy atom. The monoisotopic (exact) mass is 394 g/mol. The molecule has 1 amide bonds. The zero-order valence-corrected chi connectivity index (χ0v) is 16.6. The van der Waals surface area contributed by atoms with Crippen LogP contribution < -0.4 is 11.0 Å². The molecule has 1 aliphatic heterocycles. The lowest BCUT2D eigenvalue weighted by atomic mass is 9.90. The first-order chi connectivity index (χ1) is 14.1. The first-order valence-corrected chi connectivity index (χ1v) is 10.4. The molecule has 0 spiro atoms. The zero-order valence-electron chi connectivity index (χ0n) is 16.6. The Kier molecular flexibility index (Phi) is 4.49. The van der Waals surface area contributed by atoms with E-state index in [1.807, 2.05) is 12.3 Å². The van der Waals surface area contributed by atoms with Crippen LogP contribution in [-0.4, -0.2) is 35.8 Å². The number of nitrogens with zero attached hydrogens (tertiary/aromatic N) is 5. The molecule has 2 aliphatic rings. The summed E-state index contributed by atoms with van der Waals surface area (Å²) in [5, 5.41) is 8.66. The van der Waals surface area contributed by atoms with Gasteiger partial charge in [-0.25, -0.2) is 14.5 Å². The van der Waals surface area contributed by atoms with Crippen molar-refractivity contribution in [3.05, 3.63) is 46.9 Å². The molecule has 29 heavy (non-hydrogen) atoms. The van der Waals surface area contributed by atoms with Gasteiger partial charge in [-0.1, -0.05) is 0 Å². The number of rotatable bonds is 3. The summed E-state index contributed by atoms with van der Waals surface area (Å²) in [6.45, 7) is 0.435. The molecule has 1 N–H and O–H groups in total. The molecule has 4 heterocycles. The summed E-state index contributed by atoms with van der Waals surface area (Å²) in [7, 11) is 1.66. The number of aromatic nitrogens is 5. The topological polar surface area (TPSA) is 86.7 Å². The predicted octanol–water partition coefficient (Wildman–Crippen LogP) is 1.79. The van der Waals surface area contributed by atoms with Gasteiger partial charge in [0.2, 0.25) is 5.91 Å². The minimum atomic E-state index is -0.153. The fourth-order valence-electron chi connectivity index (χ4n) is 4.85. The highest BCUT2D eigenvalue weighted by molar-refractivity contribution is 5.79. The van der Waals surface area contributed by atoms with Crippen molar-refractivity contribution in [1.29, 1.82) is 0 Å². The van der Waals surface area contributed by atoms with Crippen LogP contribution in [0.15, 0.2) is 35.4 Å². The Hall–Kier alpha value is -2.90. The summed E-state index contributed by atoms with van der Waals surface area (Å²) in [6, 6.07) is 6.82. The second-order valence-corrected chi connectivity index (χ2v) is 8.32. The minimum Gasteiger partial charge on any atom is -0.353 e. The van der Waals surface area contributed by atoms with E-state index in [0.717, 1.165) is 43.6 Å². The van der Waals surface area contributed by atoms with Gasteiger partial charge in [-0.2, -0.15) is 5.10 Å². The molecule has 0 saturated heterocycles. The van der Waals surface area contributed by atoms with E-state index in [-0.39, 0.29) is 23.6 Å². The fourth-order valence-corrected chi connectivity index (χ4v) is 4.85. The standard InChI is InChI=1S/C21H26N6O2/c1-25-21(29)27-13-15(4-9-18(27)24-25)20(28)23-16-5-7-17(8-6-16)26-12-10-14-3-2-11-22-19(14)26/h2-3,10-12,15-17H,4-9,13H2,1H3,(H,23,28). The second-order valence-electron chi connectivity index (χ2n) is 8.32. The highest BCUT2D eigenvalue weighted by atomic mass is 16.2. The summed E-state index contributed by atoms with van der Waals surface area (Å²) in [5.74, 6) is 0.706. The molecule has 1 saturated carbocycles. The van der Waals surface area contributed by atoms with Crippen molar-refractivity contribution in [2.75, 3.05) is 0 Å². The number of nitrogens with one attached hydrogen (secondary N) is 1. The lowest BCUT2D eigenvalue weighted by Crippen LogP contribution is -2.44. The smallest absolute Gasteiger partial charge is 0.345 e. The maximum Gasteiger partial charge on any atom is 0.345 e. The molecule has 0 aromatic carbocycles. The van der Waals surface area contributed by atoms with E-state index in [0.29, 0.717) is 19.0 Å². The van der Waals surface area contributed by atoms with Crippen molar-refractivity contribution in [3.8, 4) is 0 Å². The van der Waals surface area contributed by atoms with Crippen molar-refractivity contribution in [2.24, 2.45) is 13.0 Å². The number of aryl methyl sites for hydroxylation is 2. The molecule has 8 nitrogen and oxygen atoms in total. The van der Waals surface area contributed by atoms with Crippen molar-refractivity contribution < 1.29 is 4.79 Å². The lowest BCUT2D eigenvalue weighted by Gasteiger charge is -2.32. The number of hydrogen-bond donors (Lipinski definition) is 1. The van der Waals surface area contributed by atoms with E-state index in [9.17, 15) is 9.59 Å². The molecule has 5 rings (SSSR count). The third-order valence-electron chi connectivity index (χ3n) is 6.49. The fraction of sp³-hybridized carbons (Fsp3) is 0.524. The first-order valence-electron chi connectivity index (χ1n) is 10.4. The van der Waals surface area contributed by atoms with Crippen LogP contribution in [0.25, 0.3) is 11.0 Å². The van der Waals surface area contributed by atoms with Crippen LogP contribution in [0.5, 0.6) is 0 Å². The zero-order chi connectivity index (χ0) is 20.0. The third-order valence-corrected chi connectivity index (χ3v) is 6.49. The van der Waals surface area contributed by atoms with Crippen LogP contribution in [0.1, 0.15) is 44.0 Å². The van der Waals surface area contributed by atoms with E-state index >= 15 is 0 Å². The van der Waals surface area contributed by atoms with E-state index in [2.05, 4.69) is 38.3 Å². The van der Waals surface area contributed by atoms with Crippen LogP contribution in [0.2, 0.25) is 0 Å². The van der Waals surface area contributed by atoms with Gasteiger partial charge < -0.3 is 9.88 Å². The predicted molar refractivity (Wildman–Crippen MR) is 108 cm³/mol. The molecule has 1 aliphatic carbocycles. The van der Waals surface area contributed by atoms with Crippen LogP contribution in [0.4, 0.5) is 0 Å². The maximum atomic E-state index is 12.8. The Balaban J connectivity index is 1.19. The Labute approximate surface area is 168 Å². The number of carbonyl (C=O) groups is 1. The summed E-state index contributed by atoms with van der Waals surface area (Å²) in [6.07, 6.45) is 9.39. The van der Waals surface area contributed by atoms with Crippen LogP contribution >= 0.6 is 0 Å². The maximum absolute atomic E-state index is 12.8. The van der Waals surface area contributed by atoms with E-state index < -0.39 is 0 Å². The molecular weight excluding hydrogens is 368 g/mol. The lowest BCUT2D eigenvalue weighted by molar-refractivity contribution is -0.127. The van der Waals surface area contributed by atoms with Crippen molar-refractivity contribution in [2.45, 2.75) is 57.2 Å². The summed E-state index contributed by atoms with van der Waals surface area (Å²) in [4.78, 5) is 29.5. The van der Waals surface area contributed by atoms with E-state index in [1.54, 1.807) is 11.6 Å². The van der Waals surface area contributed by atoms with Crippen LogP contribution in [0, 0.1) is 5.92 Å². The number of pyridine rings is 1. The van der Waals surface area contributed by atoms with Crippen molar-refractivity contribution in [3.63, 3.8) is 0 Å². The largest absolute Gasteiger partial charge is 0.353 e. The molecule has 0 bridgehead atoms. The SMILES string of the molecule is Cn1nc2n(c1=O)CC(C(=O)NC1CCC(n3ccc4cccnc43)CC1)CC2. The molecule has 0 radical (unpaired) electrons. The normalized spacial score (nSPS) is 24.4. The molecule has 1 unspecified atom stereocenters. The van der Waals surface area contributed by atoms with E-state index in [4.69, 9.17) is 0 Å². The Morgan fingerprint density at radius 3 is 2.83 bits per heavy atom. The average Bonchev–Trinajstić information content (AvgIpc) is 3.29. The highest BCUT2D eigenvalue weighted by Gasteiger charge is 2.30. The van der Waals surface area contributed by atoms with Gasteiger partial charge in [0.05, 0.1) is 5.92 Å². The van der Waals surface area contributed by atoms with Gasteiger partial charge in [0, 0.05) is 49.9 Å². The average molecular weight is 394 g/mol. The molecule has 3 aromatic heterocycles. The summed E-state index contributed by atoms with van der Waals surface area (Å²) < 4.78 is 5.29. The van der Waals surface area contributed by atoms with Crippen LogP contribution in [0.3, 0.4) is 0 Å². The Morgan fingerprint density at radius 2 is 2.00 bits per heavy atom. The third kappa shape index (κ3) is 3.26.